The van der Waals surface area contributed by atoms with E-state index in [0.717, 1.165) is 19.4 Å². The van der Waals surface area contributed by atoms with Crippen molar-refractivity contribution in [2.45, 2.75) is 19.8 Å². The van der Waals surface area contributed by atoms with Crippen LogP contribution in [0.5, 0.6) is 0 Å². The van der Waals surface area contributed by atoms with Crippen LogP contribution in [0.2, 0.25) is 0 Å². The van der Waals surface area contributed by atoms with Crippen LogP contribution in [0.25, 0.3) is 0 Å². The first-order valence-electron chi connectivity index (χ1n) is 5.65. The van der Waals surface area contributed by atoms with Crippen LogP contribution in [0.4, 0.5) is 0 Å². The van der Waals surface area contributed by atoms with Crippen molar-refractivity contribution >= 4 is 11.9 Å². The SMILES string of the molecule is CCCCN(C)C(=O)c1ccc(C(=O)O)cc1. The predicted octanol–water partition coefficient (Wildman–Crippen LogP) is 2.26. The molecule has 0 aliphatic carbocycles. The molecule has 0 fully saturated rings. The second-order valence-corrected chi connectivity index (χ2v) is 3.96. The zero-order valence-corrected chi connectivity index (χ0v) is 10.1. The first-order valence-corrected chi connectivity index (χ1v) is 5.65. The summed E-state index contributed by atoms with van der Waals surface area (Å²) in [6, 6.07) is 5.99. The van der Waals surface area contributed by atoms with E-state index in [1.807, 2.05) is 0 Å². The molecule has 0 radical (unpaired) electrons. The average molecular weight is 235 g/mol. The van der Waals surface area contributed by atoms with Crippen LogP contribution in [0, 0.1) is 0 Å². The molecule has 0 atom stereocenters. The minimum atomic E-state index is -0.983. The van der Waals surface area contributed by atoms with Gasteiger partial charge < -0.3 is 10.0 Å². The van der Waals surface area contributed by atoms with Gasteiger partial charge in [-0.15, -0.1) is 0 Å². The van der Waals surface area contributed by atoms with E-state index >= 15 is 0 Å². The quantitative estimate of drug-likeness (QED) is 0.851. The van der Waals surface area contributed by atoms with Gasteiger partial charge in [0.25, 0.3) is 5.91 Å². The molecule has 0 saturated heterocycles. The van der Waals surface area contributed by atoms with Crippen molar-refractivity contribution in [1.82, 2.24) is 4.90 Å². The second kappa shape index (κ2) is 6.03. The largest absolute Gasteiger partial charge is 0.478 e. The number of carbonyl (C=O) groups is 2. The lowest BCUT2D eigenvalue weighted by Crippen LogP contribution is -2.27. The number of carbonyl (C=O) groups excluding carboxylic acids is 1. The van der Waals surface area contributed by atoms with E-state index in [2.05, 4.69) is 6.92 Å². The Morgan fingerprint density at radius 3 is 2.18 bits per heavy atom. The van der Waals surface area contributed by atoms with E-state index in [1.165, 1.54) is 12.1 Å². The average Bonchev–Trinajstić information content (AvgIpc) is 2.35. The first kappa shape index (κ1) is 13.2. The highest BCUT2D eigenvalue weighted by atomic mass is 16.4. The fourth-order valence-electron chi connectivity index (χ4n) is 1.47. The van der Waals surface area contributed by atoms with Gasteiger partial charge in [-0.2, -0.15) is 0 Å². The van der Waals surface area contributed by atoms with Crippen LogP contribution < -0.4 is 0 Å². The van der Waals surface area contributed by atoms with Crippen molar-refractivity contribution in [2.75, 3.05) is 13.6 Å². The van der Waals surface area contributed by atoms with Crippen molar-refractivity contribution in [3.63, 3.8) is 0 Å². The Morgan fingerprint density at radius 1 is 1.18 bits per heavy atom. The fraction of sp³-hybridized carbons (Fsp3) is 0.385. The molecule has 1 amide bonds. The summed E-state index contributed by atoms with van der Waals surface area (Å²) in [6.45, 7) is 2.79. The molecule has 1 aromatic carbocycles. The van der Waals surface area contributed by atoms with Crippen molar-refractivity contribution in [2.24, 2.45) is 0 Å². The van der Waals surface area contributed by atoms with Gasteiger partial charge in [-0.05, 0) is 30.7 Å². The minimum absolute atomic E-state index is 0.0737. The number of hydrogen-bond acceptors (Lipinski definition) is 2. The Morgan fingerprint density at radius 2 is 1.71 bits per heavy atom. The van der Waals surface area contributed by atoms with E-state index < -0.39 is 5.97 Å². The number of amides is 1. The molecule has 0 saturated carbocycles. The molecule has 0 aromatic heterocycles. The van der Waals surface area contributed by atoms with Crippen molar-refractivity contribution in [3.05, 3.63) is 35.4 Å². The molecule has 1 rings (SSSR count). The standard InChI is InChI=1S/C13H17NO3/c1-3-4-9-14(2)12(15)10-5-7-11(8-6-10)13(16)17/h5-8H,3-4,9H2,1-2H3,(H,16,17). The molecule has 17 heavy (non-hydrogen) atoms. The fourth-order valence-corrected chi connectivity index (χ4v) is 1.47. The number of carboxylic acid groups (broad SMARTS) is 1. The van der Waals surface area contributed by atoms with Crippen LogP contribution in [0.3, 0.4) is 0 Å². The maximum Gasteiger partial charge on any atom is 0.335 e. The van der Waals surface area contributed by atoms with Crippen LogP contribution >= 0.6 is 0 Å². The Hall–Kier alpha value is -1.84. The van der Waals surface area contributed by atoms with Gasteiger partial charge in [-0.25, -0.2) is 4.79 Å². The molecule has 0 aliphatic rings. The van der Waals surface area contributed by atoms with Crippen molar-refractivity contribution in [1.29, 1.82) is 0 Å². The van der Waals surface area contributed by atoms with Crippen molar-refractivity contribution < 1.29 is 14.7 Å². The summed E-state index contributed by atoms with van der Waals surface area (Å²) in [5, 5.41) is 8.74. The molecule has 4 nitrogen and oxygen atoms in total. The van der Waals surface area contributed by atoms with E-state index in [1.54, 1.807) is 24.1 Å². The van der Waals surface area contributed by atoms with Gasteiger partial charge in [0.15, 0.2) is 0 Å². The molecule has 1 N–H and O–H groups in total. The molecule has 1 aromatic rings. The number of hydrogen-bond donors (Lipinski definition) is 1. The van der Waals surface area contributed by atoms with Crippen LogP contribution in [-0.2, 0) is 0 Å². The number of unbranched alkanes of at least 4 members (excludes halogenated alkanes) is 1. The van der Waals surface area contributed by atoms with Gasteiger partial charge in [-0.3, -0.25) is 4.79 Å². The first-order chi connectivity index (χ1) is 8.06. The molecular weight excluding hydrogens is 218 g/mol. The molecule has 0 unspecified atom stereocenters. The van der Waals surface area contributed by atoms with E-state index in [-0.39, 0.29) is 11.5 Å². The number of nitrogens with zero attached hydrogens (tertiary/aromatic N) is 1. The smallest absolute Gasteiger partial charge is 0.335 e. The molecule has 0 spiro atoms. The molecule has 92 valence electrons. The number of benzene rings is 1. The summed E-state index contributed by atoms with van der Waals surface area (Å²) >= 11 is 0. The molecule has 0 heterocycles. The van der Waals surface area contributed by atoms with Gasteiger partial charge in [0.05, 0.1) is 5.56 Å². The second-order valence-electron chi connectivity index (χ2n) is 3.96. The molecule has 0 aliphatic heterocycles. The van der Waals surface area contributed by atoms with Crippen molar-refractivity contribution in [3.8, 4) is 0 Å². The lowest BCUT2D eigenvalue weighted by Gasteiger charge is -2.16. The van der Waals surface area contributed by atoms with Gasteiger partial charge >= 0.3 is 5.97 Å². The highest BCUT2D eigenvalue weighted by Gasteiger charge is 2.11. The number of rotatable bonds is 5. The van der Waals surface area contributed by atoms with E-state index in [0.29, 0.717) is 5.56 Å². The number of aromatic carboxylic acids is 1. The summed E-state index contributed by atoms with van der Waals surface area (Å²) in [5.74, 6) is -1.06. The number of carboxylic acids is 1. The molecule has 0 bridgehead atoms. The van der Waals surface area contributed by atoms with E-state index in [4.69, 9.17) is 5.11 Å². The van der Waals surface area contributed by atoms with Crippen LogP contribution in [-0.4, -0.2) is 35.5 Å². The zero-order valence-electron chi connectivity index (χ0n) is 10.1. The Kier molecular flexibility index (Phi) is 4.69. The lowest BCUT2D eigenvalue weighted by molar-refractivity contribution is 0.0695. The Labute approximate surface area is 101 Å². The summed E-state index contributed by atoms with van der Waals surface area (Å²) in [7, 11) is 1.75. The third kappa shape index (κ3) is 3.59. The summed E-state index contributed by atoms with van der Waals surface area (Å²) < 4.78 is 0. The summed E-state index contributed by atoms with van der Waals surface area (Å²) in [4.78, 5) is 24.2. The molecular formula is C13H17NO3. The minimum Gasteiger partial charge on any atom is -0.478 e. The summed E-state index contributed by atoms with van der Waals surface area (Å²) in [5.41, 5.74) is 0.714. The zero-order chi connectivity index (χ0) is 12.8. The third-order valence-corrected chi connectivity index (χ3v) is 2.57. The highest BCUT2D eigenvalue weighted by molar-refractivity contribution is 5.95. The van der Waals surface area contributed by atoms with Gasteiger partial charge in [-0.1, -0.05) is 13.3 Å². The normalized spacial score (nSPS) is 10.0. The summed E-state index contributed by atoms with van der Waals surface area (Å²) in [6.07, 6.45) is 2.00. The van der Waals surface area contributed by atoms with Crippen LogP contribution in [0.15, 0.2) is 24.3 Å². The predicted molar refractivity (Wildman–Crippen MR) is 65.3 cm³/mol. The van der Waals surface area contributed by atoms with Gasteiger partial charge in [0.2, 0.25) is 0 Å². The third-order valence-electron chi connectivity index (χ3n) is 2.57. The maximum absolute atomic E-state index is 11.9. The van der Waals surface area contributed by atoms with Gasteiger partial charge in [0, 0.05) is 19.2 Å². The lowest BCUT2D eigenvalue weighted by atomic mass is 10.1. The van der Waals surface area contributed by atoms with Crippen LogP contribution in [0.1, 0.15) is 40.5 Å². The topological polar surface area (TPSA) is 57.6 Å². The van der Waals surface area contributed by atoms with Gasteiger partial charge in [0.1, 0.15) is 0 Å². The monoisotopic (exact) mass is 235 g/mol. The molecule has 4 heteroatoms. The maximum atomic E-state index is 11.9. The Balaban J connectivity index is 2.72. The Bertz CT molecular complexity index is 398. The van der Waals surface area contributed by atoms with E-state index in [9.17, 15) is 9.59 Å². The highest BCUT2D eigenvalue weighted by Crippen LogP contribution is 2.07.